The quantitative estimate of drug-likeness (QED) is 0.606. The van der Waals surface area contributed by atoms with E-state index >= 15 is 0 Å². The molecule has 0 spiro atoms. The van der Waals surface area contributed by atoms with Crippen LogP contribution in [0.5, 0.6) is 5.75 Å². The average Bonchev–Trinajstić information content (AvgIpc) is 3.12. The number of thioether (sulfide) groups is 1. The highest BCUT2D eigenvalue weighted by molar-refractivity contribution is 8.00. The molecule has 1 aliphatic carbocycles. The van der Waals surface area contributed by atoms with Crippen molar-refractivity contribution in [3.05, 3.63) is 59.2 Å². The molecule has 2 aromatic carbocycles. The monoisotopic (exact) mass is 370 g/mol. The SMILES string of the molecule is Cc1ccc(SCC(=O)NNC(=O)COc2ccc3c(c2)CCC3)cc1. The topological polar surface area (TPSA) is 67.4 Å². The molecule has 0 saturated heterocycles. The second-order valence-electron chi connectivity index (χ2n) is 6.27. The molecule has 0 fully saturated rings. The summed E-state index contributed by atoms with van der Waals surface area (Å²) in [6, 6.07) is 13.9. The van der Waals surface area contributed by atoms with Crippen molar-refractivity contribution in [3.63, 3.8) is 0 Å². The van der Waals surface area contributed by atoms with E-state index in [1.54, 1.807) is 0 Å². The number of hydrogen-bond donors (Lipinski definition) is 2. The lowest BCUT2D eigenvalue weighted by Crippen LogP contribution is -2.44. The third-order valence-electron chi connectivity index (χ3n) is 4.17. The van der Waals surface area contributed by atoms with Crippen LogP contribution >= 0.6 is 11.8 Å². The Bertz CT molecular complexity index is 790. The molecule has 0 bridgehead atoms. The molecular weight excluding hydrogens is 348 g/mol. The molecule has 2 amide bonds. The summed E-state index contributed by atoms with van der Waals surface area (Å²) in [6.07, 6.45) is 3.35. The summed E-state index contributed by atoms with van der Waals surface area (Å²) < 4.78 is 5.50. The Kier molecular flexibility index (Phi) is 6.17. The van der Waals surface area contributed by atoms with Crippen LogP contribution in [-0.2, 0) is 22.4 Å². The molecule has 3 rings (SSSR count). The molecule has 6 heteroatoms. The number of hydrazine groups is 1. The van der Waals surface area contributed by atoms with Gasteiger partial charge in [-0.05, 0) is 61.6 Å². The molecule has 0 aliphatic heterocycles. The van der Waals surface area contributed by atoms with Gasteiger partial charge in [0.1, 0.15) is 5.75 Å². The van der Waals surface area contributed by atoms with E-state index in [9.17, 15) is 9.59 Å². The van der Waals surface area contributed by atoms with Crippen LogP contribution < -0.4 is 15.6 Å². The Morgan fingerprint density at radius 1 is 1.00 bits per heavy atom. The minimum absolute atomic E-state index is 0.135. The molecule has 0 heterocycles. The third kappa shape index (κ3) is 5.26. The number of aryl methyl sites for hydroxylation is 3. The standard InChI is InChI=1S/C20H22N2O3S/c1-14-5-9-18(10-6-14)26-13-20(24)22-21-19(23)12-25-17-8-7-15-3-2-4-16(15)11-17/h5-11H,2-4,12-13H2,1H3,(H,21,23)(H,22,24). The predicted molar refractivity (Wildman–Crippen MR) is 102 cm³/mol. The summed E-state index contributed by atoms with van der Waals surface area (Å²) in [7, 11) is 0. The van der Waals surface area contributed by atoms with Crippen LogP contribution in [0.1, 0.15) is 23.1 Å². The number of carbonyl (C=O) groups is 2. The van der Waals surface area contributed by atoms with Crippen molar-refractivity contribution in [2.75, 3.05) is 12.4 Å². The summed E-state index contributed by atoms with van der Waals surface area (Å²) in [4.78, 5) is 24.6. The first-order valence-corrected chi connectivity index (χ1v) is 9.60. The van der Waals surface area contributed by atoms with Gasteiger partial charge in [-0.25, -0.2) is 0 Å². The molecule has 1 aliphatic rings. The van der Waals surface area contributed by atoms with Gasteiger partial charge < -0.3 is 4.74 Å². The number of rotatable bonds is 6. The average molecular weight is 370 g/mol. The molecular formula is C20H22N2O3S. The zero-order chi connectivity index (χ0) is 18.4. The lowest BCUT2D eigenvalue weighted by Gasteiger charge is -2.10. The van der Waals surface area contributed by atoms with E-state index in [2.05, 4.69) is 16.9 Å². The smallest absolute Gasteiger partial charge is 0.276 e. The van der Waals surface area contributed by atoms with E-state index in [4.69, 9.17) is 4.74 Å². The summed E-state index contributed by atoms with van der Waals surface area (Å²) in [6.45, 7) is 1.88. The van der Waals surface area contributed by atoms with Crippen LogP contribution in [0.25, 0.3) is 0 Å². The minimum atomic E-state index is -0.390. The Labute approximate surface area is 157 Å². The highest BCUT2D eigenvalue weighted by Gasteiger charge is 2.12. The lowest BCUT2D eigenvalue weighted by molar-refractivity contribution is -0.128. The second-order valence-corrected chi connectivity index (χ2v) is 7.32. The van der Waals surface area contributed by atoms with Gasteiger partial charge in [0.05, 0.1) is 5.75 Å². The molecule has 0 radical (unpaired) electrons. The maximum atomic E-state index is 11.8. The number of nitrogens with one attached hydrogen (secondary N) is 2. The fourth-order valence-electron chi connectivity index (χ4n) is 2.78. The van der Waals surface area contributed by atoms with Crippen LogP contribution in [0, 0.1) is 6.92 Å². The number of hydrogen-bond acceptors (Lipinski definition) is 4. The molecule has 0 saturated carbocycles. The van der Waals surface area contributed by atoms with Crippen molar-refractivity contribution in [2.45, 2.75) is 31.1 Å². The van der Waals surface area contributed by atoms with E-state index in [1.807, 2.05) is 43.3 Å². The van der Waals surface area contributed by atoms with Gasteiger partial charge in [-0.1, -0.05) is 23.8 Å². The van der Waals surface area contributed by atoms with Crippen LogP contribution in [0.4, 0.5) is 0 Å². The van der Waals surface area contributed by atoms with Gasteiger partial charge >= 0.3 is 0 Å². The van der Waals surface area contributed by atoms with Crippen LogP contribution in [0.3, 0.4) is 0 Å². The van der Waals surface area contributed by atoms with Gasteiger partial charge in [-0.15, -0.1) is 11.8 Å². The van der Waals surface area contributed by atoms with E-state index in [0.717, 1.165) is 17.7 Å². The fraction of sp³-hybridized carbons (Fsp3) is 0.300. The first-order chi connectivity index (χ1) is 12.6. The van der Waals surface area contributed by atoms with Crippen LogP contribution in [-0.4, -0.2) is 24.2 Å². The maximum absolute atomic E-state index is 11.8. The largest absolute Gasteiger partial charge is 0.484 e. The van der Waals surface area contributed by atoms with Crippen molar-refractivity contribution in [1.29, 1.82) is 0 Å². The number of ether oxygens (including phenoxy) is 1. The van der Waals surface area contributed by atoms with E-state index in [0.29, 0.717) is 5.75 Å². The van der Waals surface area contributed by atoms with Crippen LogP contribution in [0.15, 0.2) is 47.4 Å². The Morgan fingerprint density at radius 2 is 1.73 bits per heavy atom. The van der Waals surface area contributed by atoms with Crippen LogP contribution in [0.2, 0.25) is 0 Å². The Morgan fingerprint density at radius 3 is 2.54 bits per heavy atom. The number of fused-ring (bicyclic) bond motifs is 1. The molecule has 0 atom stereocenters. The third-order valence-corrected chi connectivity index (χ3v) is 5.18. The second kappa shape index (κ2) is 8.76. The molecule has 5 nitrogen and oxygen atoms in total. The van der Waals surface area contributed by atoms with E-state index in [1.165, 1.54) is 34.9 Å². The fourth-order valence-corrected chi connectivity index (χ4v) is 3.48. The van der Waals surface area contributed by atoms with Gasteiger partial charge in [0.15, 0.2) is 6.61 Å². The molecule has 2 aromatic rings. The maximum Gasteiger partial charge on any atom is 0.276 e. The van der Waals surface area contributed by atoms with Gasteiger partial charge in [0.2, 0.25) is 5.91 Å². The zero-order valence-electron chi connectivity index (χ0n) is 14.7. The highest BCUT2D eigenvalue weighted by atomic mass is 32.2. The normalized spacial score (nSPS) is 12.3. The summed E-state index contributed by atoms with van der Waals surface area (Å²) in [5, 5.41) is 0. The minimum Gasteiger partial charge on any atom is -0.484 e. The Balaban J connectivity index is 1.35. The first-order valence-electron chi connectivity index (χ1n) is 8.62. The zero-order valence-corrected chi connectivity index (χ0v) is 15.5. The van der Waals surface area contributed by atoms with Crippen molar-refractivity contribution >= 4 is 23.6 Å². The van der Waals surface area contributed by atoms with Gasteiger partial charge in [-0.2, -0.15) is 0 Å². The molecule has 0 unspecified atom stereocenters. The molecule has 2 N–H and O–H groups in total. The van der Waals surface area contributed by atoms with Crippen molar-refractivity contribution in [1.82, 2.24) is 10.9 Å². The van der Waals surface area contributed by atoms with E-state index in [-0.39, 0.29) is 24.2 Å². The molecule has 26 heavy (non-hydrogen) atoms. The van der Waals surface area contributed by atoms with Gasteiger partial charge in [0, 0.05) is 4.90 Å². The molecule has 0 aromatic heterocycles. The Hall–Kier alpha value is -2.47. The summed E-state index contributed by atoms with van der Waals surface area (Å²) in [5.74, 6) is 0.261. The number of carbonyl (C=O) groups excluding carboxylic acids is 2. The van der Waals surface area contributed by atoms with Crippen molar-refractivity contribution in [3.8, 4) is 5.75 Å². The van der Waals surface area contributed by atoms with Gasteiger partial charge in [0.25, 0.3) is 5.91 Å². The predicted octanol–water partition coefficient (Wildman–Crippen LogP) is 2.80. The van der Waals surface area contributed by atoms with Crippen molar-refractivity contribution < 1.29 is 14.3 Å². The van der Waals surface area contributed by atoms with Crippen molar-refractivity contribution in [2.24, 2.45) is 0 Å². The van der Waals surface area contributed by atoms with E-state index < -0.39 is 0 Å². The molecule has 136 valence electrons. The highest BCUT2D eigenvalue weighted by Crippen LogP contribution is 2.25. The first kappa shape index (κ1) is 18.3. The van der Waals surface area contributed by atoms with Gasteiger partial charge in [-0.3, -0.25) is 20.4 Å². The summed E-state index contributed by atoms with van der Waals surface area (Å²) in [5.41, 5.74) is 8.61. The summed E-state index contributed by atoms with van der Waals surface area (Å²) >= 11 is 1.42. The number of amides is 2. The number of benzene rings is 2. The lowest BCUT2D eigenvalue weighted by atomic mass is 10.1.